The van der Waals surface area contributed by atoms with E-state index >= 15 is 0 Å². The highest BCUT2D eigenvalue weighted by atomic mass is 16.5. The van der Waals surface area contributed by atoms with E-state index in [4.69, 9.17) is 9.47 Å². The molecule has 144 valence electrons. The number of aliphatic carboxylic acids is 1. The third-order valence-electron chi connectivity index (χ3n) is 4.95. The monoisotopic (exact) mass is 363 g/mol. The van der Waals surface area contributed by atoms with E-state index in [-0.39, 0.29) is 11.9 Å². The number of likely N-dealkylation sites (tertiary alicyclic amines) is 1. The lowest BCUT2D eigenvalue weighted by atomic mass is 9.90. The van der Waals surface area contributed by atoms with Crippen LogP contribution in [0.25, 0.3) is 0 Å². The zero-order chi connectivity index (χ0) is 18.9. The Morgan fingerprint density at radius 1 is 1.23 bits per heavy atom. The minimum Gasteiger partial charge on any atom is -0.494 e. The van der Waals surface area contributed by atoms with Crippen molar-refractivity contribution in [3.8, 4) is 5.75 Å². The van der Waals surface area contributed by atoms with Gasteiger partial charge in [0, 0.05) is 26.1 Å². The van der Waals surface area contributed by atoms with Crippen LogP contribution in [0.5, 0.6) is 5.75 Å². The summed E-state index contributed by atoms with van der Waals surface area (Å²) < 4.78 is 10.7. The maximum absolute atomic E-state index is 12.4. The standard InChI is InChI=1S/C20H29NO5/c1-15-18(20(23)24)5-3-12-21(15)19(22)6-4-13-26-17-9-7-16(8-10-17)11-14-25-2/h7-10,15,18H,3-6,11-14H2,1-2H3,(H,23,24)/t15-,18-/m0/s1. The van der Waals surface area contributed by atoms with E-state index in [1.807, 2.05) is 31.2 Å². The lowest BCUT2D eigenvalue weighted by Crippen LogP contribution is -2.49. The summed E-state index contributed by atoms with van der Waals surface area (Å²) in [7, 11) is 1.69. The summed E-state index contributed by atoms with van der Waals surface area (Å²) in [5, 5.41) is 9.25. The molecule has 6 heteroatoms. The molecule has 6 nitrogen and oxygen atoms in total. The van der Waals surface area contributed by atoms with Crippen molar-refractivity contribution in [1.82, 2.24) is 4.90 Å². The molecule has 1 aromatic rings. The largest absolute Gasteiger partial charge is 0.494 e. The highest BCUT2D eigenvalue weighted by Gasteiger charge is 2.34. The molecule has 0 aromatic heterocycles. The summed E-state index contributed by atoms with van der Waals surface area (Å²) in [6, 6.07) is 7.64. The van der Waals surface area contributed by atoms with Crippen LogP contribution in [0.4, 0.5) is 0 Å². The number of carbonyl (C=O) groups excluding carboxylic acids is 1. The van der Waals surface area contributed by atoms with Crippen molar-refractivity contribution < 1.29 is 24.2 Å². The molecule has 0 bridgehead atoms. The molecule has 0 spiro atoms. The Bertz CT molecular complexity index is 586. The average molecular weight is 363 g/mol. The second-order valence-corrected chi connectivity index (χ2v) is 6.75. The molecule has 1 amide bonds. The Balaban J connectivity index is 1.72. The quantitative estimate of drug-likeness (QED) is 0.683. The molecule has 1 N–H and O–H groups in total. The van der Waals surface area contributed by atoms with E-state index in [2.05, 4.69) is 0 Å². The van der Waals surface area contributed by atoms with Gasteiger partial charge in [0.05, 0.1) is 19.1 Å². The van der Waals surface area contributed by atoms with Crippen LogP contribution in [0.15, 0.2) is 24.3 Å². The molecule has 1 aliphatic rings. The van der Waals surface area contributed by atoms with Gasteiger partial charge in [-0.15, -0.1) is 0 Å². The highest BCUT2D eigenvalue weighted by Crippen LogP contribution is 2.24. The summed E-state index contributed by atoms with van der Waals surface area (Å²) in [5.74, 6) is -0.467. The highest BCUT2D eigenvalue weighted by molar-refractivity contribution is 5.78. The first-order valence-corrected chi connectivity index (χ1v) is 9.26. The zero-order valence-corrected chi connectivity index (χ0v) is 15.6. The number of methoxy groups -OCH3 is 1. The zero-order valence-electron chi connectivity index (χ0n) is 15.6. The van der Waals surface area contributed by atoms with Gasteiger partial charge in [0.2, 0.25) is 5.91 Å². The molecule has 0 unspecified atom stereocenters. The Morgan fingerprint density at radius 2 is 1.96 bits per heavy atom. The number of benzene rings is 1. The lowest BCUT2D eigenvalue weighted by Gasteiger charge is -2.37. The van der Waals surface area contributed by atoms with Gasteiger partial charge in [-0.2, -0.15) is 0 Å². The number of ether oxygens (including phenoxy) is 2. The van der Waals surface area contributed by atoms with Crippen molar-refractivity contribution in [1.29, 1.82) is 0 Å². The number of nitrogens with zero attached hydrogens (tertiary/aromatic N) is 1. The molecule has 1 aromatic carbocycles. The third-order valence-corrected chi connectivity index (χ3v) is 4.95. The minimum atomic E-state index is -0.813. The van der Waals surface area contributed by atoms with Gasteiger partial charge in [-0.05, 0) is 50.3 Å². The molecule has 0 saturated carbocycles. The topological polar surface area (TPSA) is 76.1 Å². The second-order valence-electron chi connectivity index (χ2n) is 6.75. The number of rotatable bonds is 9. The number of hydrogen-bond donors (Lipinski definition) is 1. The van der Waals surface area contributed by atoms with Gasteiger partial charge in [-0.1, -0.05) is 12.1 Å². The van der Waals surface area contributed by atoms with Crippen LogP contribution in [0.3, 0.4) is 0 Å². The predicted molar refractivity (Wildman–Crippen MR) is 98.3 cm³/mol. The van der Waals surface area contributed by atoms with Crippen LogP contribution in [-0.2, 0) is 20.7 Å². The Morgan fingerprint density at radius 3 is 2.62 bits per heavy atom. The average Bonchev–Trinajstić information content (AvgIpc) is 2.64. The molecular formula is C20H29NO5. The van der Waals surface area contributed by atoms with Gasteiger partial charge in [0.1, 0.15) is 5.75 Å². The maximum atomic E-state index is 12.4. The fourth-order valence-electron chi connectivity index (χ4n) is 3.35. The second kappa shape index (κ2) is 10.2. The van der Waals surface area contributed by atoms with Crippen LogP contribution < -0.4 is 4.74 Å². The number of carboxylic acids is 1. The van der Waals surface area contributed by atoms with Crippen molar-refractivity contribution in [2.75, 3.05) is 26.9 Å². The van der Waals surface area contributed by atoms with Crippen LogP contribution in [-0.4, -0.2) is 54.8 Å². The number of carboxylic acid groups (broad SMARTS) is 1. The first-order chi connectivity index (χ1) is 12.5. The smallest absolute Gasteiger partial charge is 0.308 e. The minimum absolute atomic E-state index is 0.0157. The maximum Gasteiger partial charge on any atom is 0.308 e. The SMILES string of the molecule is COCCc1ccc(OCCCC(=O)N2CCC[C@H](C(=O)O)[C@@H]2C)cc1. The lowest BCUT2D eigenvalue weighted by molar-refractivity contribution is -0.149. The van der Waals surface area contributed by atoms with Crippen molar-refractivity contribution in [3.05, 3.63) is 29.8 Å². The van der Waals surface area contributed by atoms with Gasteiger partial charge in [-0.3, -0.25) is 9.59 Å². The third kappa shape index (κ3) is 5.73. The van der Waals surface area contributed by atoms with E-state index in [9.17, 15) is 14.7 Å². The van der Waals surface area contributed by atoms with Crippen molar-refractivity contribution in [2.24, 2.45) is 5.92 Å². The molecule has 0 aliphatic carbocycles. The summed E-state index contributed by atoms with van der Waals surface area (Å²) in [4.78, 5) is 25.4. The van der Waals surface area contributed by atoms with Crippen LogP contribution in [0.1, 0.15) is 38.2 Å². The molecule has 1 saturated heterocycles. The predicted octanol–water partition coefficient (Wildman–Crippen LogP) is 2.75. The van der Waals surface area contributed by atoms with Gasteiger partial charge >= 0.3 is 5.97 Å². The first-order valence-electron chi connectivity index (χ1n) is 9.26. The van der Waals surface area contributed by atoms with E-state index in [1.54, 1.807) is 12.0 Å². The summed E-state index contributed by atoms with van der Waals surface area (Å²) in [6.45, 7) is 3.64. The van der Waals surface area contributed by atoms with Crippen LogP contribution >= 0.6 is 0 Å². The number of hydrogen-bond acceptors (Lipinski definition) is 4. The molecular weight excluding hydrogens is 334 g/mol. The Hall–Kier alpha value is -2.08. The van der Waals surface area contributed by atoms with E-state index in [1.165, 1.54) is 5.56 Å². The van der Waals surface area contributed by atoms with Crippen LogP contribution in [0.2, 0.25) is 0 Å². The fourth-order valence-corrected chi connectivity index (χ4v) is 3.35. The molecule has 26 heavy (non-hydrogen) atoms. The Kier molecular flexibility index (Phi) is 7.91. The van der Waals surface area contributed by atoms with E-state index < -0.39 is 11.9 Å². The van der Waals surface area contributed by atoms with Gasteiger partial charge in [-0.25, -0.2) is 0 Å². The van der Waals surface area contributed by atoms with Gasteiger partial charge < -0.3 is 19.5 Å². The Labute approximate surface area is 155 Å². The normalized spacial score (nSPS) is 20.0. The molecule has 1 aliphatic heterocycles. The van der Waals surface area contributed by atoms with Crippen LogP contribution in [0, 0.1) is 5.92 Å². The molecule has 1 fully saturated rings. The van der Waals surface area contributed by atoms with Gasteiger partial charge in [0.15, 0.2) is 0 Å². The summed E-state index contributed by atoms with van der Waals surface area (Å²) in [5.41, 5.74) is 1.20. The first kappa shape index (κ1) is 20.2. The number of carbonyl (C=O) groups is 2. The molecule has 1 heterocycles. The van der Waals surface area contributed by atoms with Gasteiger partial charge in [0.25, 0.3) is 0 Å². The summed E-state index contributed by atoms with van der Waals surface area (Å²) >= 11 is 0. The summed E-state index contributed by atoms with van der Waals surface area (Å²) in [6.07, 6.45) is 3.26. The number of piperidine rings is 1. The molecule has 2 atom stereocenters. The number of amides is 1. The molecule has 0 radical (unpaired) electrons. The van der Waals surface area contributed by atoms with E-state index in [0.29, 0.717) is 39.0 Å². The molecule has 2 rings (SSSR count). The van der Waals surface area contributed by atoms with Crippen molar-refractivity contribution in [3.63, 3.8) is 0 Å². The van der Waals surface area contributed by atoms with Crippen molar-refractivity contribution in [2.45, 2.75) is 45.1 Å². The van der Waals surface area contributed by atoms with E-state index in [0.717, 1.165) is 18.6 Å². The fraction of sp³-hybridized carbons (Fsp3) is 0.600. The van der Waals surface area contributed by atoms with Crippen molar-refractivity contribution >= 4 is 11.9 Å².